The third kappa shape index (κ3) is 5.08. The molecular formula is C6H10N2. The van der Waals surface area contributed by atoms with Gasteiger partial charge in [-0.05, 0) is 19.4 Å². The van der Waals surface area contributed by atoms with E-state index in [2.05, 4.69) is 16.8 Å². The smallest absolute Gasteiger partial charge is 0.0518 e. The summed E-state index contributed by atoms with van der Waals surface area (Å²) >= 11 is 0. The van der Waals surface area contributed by atoms with Crippen molar-refractivity contribution >= 4 is 12.4 Å². The molecule has 0 spiro atoms. The molecular weight excluding hydrogens is 100 g/mol. The van der Waals surface area contributed by atoms with Gasteiger partial charge in [0.15, 0.2) is 0 Å². The van der Waals surface area contributed by atoms with Gasteiger partial charge in [0.05, 0.1) is 6.21 Å². The van der Waals surface area contributed by atoms with E-state index in [-0.39, 0.29) is 0 Å². The van der Waals surface area contributed by atoms with Crippen molar-refractivity contribution in [2.45, 2.75) is 13.8 Å². The van der Waals surface area contributed by atoms with Crippen LogP contribution < -0.4 is 0 Å². The van der Waals surface area contributed by atoms with Crippen LogP contribution in [-0.2, 0) is 0 Å². The molecule has 0 rings (SSSR count). The Kier molecular flexibility index (Phi) is 3.76. The van der Waals surface area contributed by atoms with Gasteiger partial charge in [0.1, 0.15) is 0 Å². The molecule has 0 unspecified atom stereocenters. The van der Waals surface area contributed by atoms with Gasteiger partial charge in [0.2, 0.25) is 0 Å². The molecule has 0 heterocycles. The summed E-state index contributed by atoms with van der Waals surface area (Å²) in [7, 11) is 0. The molecule has 0 fully saturated rings. The zero-order chi connectivity index (χ0) is 6.41. The van der Waals surface area contributed by atoms with E-state index < -0.39 is 0 Å². The lowest BCUT2D eigenvalue weighted by Gasteiger charge is -1.77. The molecule has 0 aromatic rings. The van der Waals surface area contributed by atoms with Crippen LogP contribution in [-0.4, -0.2) is 12.4 Å². The van der Waals surface area contributed by atoms with E-state index in [0.717, 1.165) is 5.57 Å². The minimum atomic E-state index is 0.913. The molecule has 0 N–H and O–H groups in total. The number of allylic oxidation sites excluding steroid dienone is 1. The highest BCUT2D eigenvalue weighted by Gasteiger charge is 1.68. The maximum absolute atomic E-state index is 3.63. The standard InChI is InChI=1S/C6H10N2/c1-4-7-8-5-6(2)3/h4-5H,2H2,1,3H3/b7-4+,8-5+. The summed E-state index contributed by atoms with van der Waals surface area (Å²) in [4.78, 5) is 0. The molecule has 44 valence electrons. The second-order valence-corrected chi connectivity index (χ2v) is 1.46. The van der Waals surface area contributed by atoms with Crippen LogP contribution in [0.2, 0.25) is 0 Å². The molecule has 0 saturated heterocycles. The highest BCUT2D eigenvalue weighted by Crippen LogP contribution is 1.78. The number of nitrogens with zero attached hydrogens (tertiary/aromatic N) is 2. The maximum atomic E-state index is 3.63. The lowest BCUT2D eigenvalue weighted by molar-refractivity contribution is 1.26. The monoisotopic (exact) mass is 110 g/mol. The first-order valence-corrected chi connectivity index (χ1v) is 2.44. The molecule has 0 aliphatic carbocycles. The van der Waals surface area contributed by atoms with Crippen LogP contribution in [0, 0.1) is 0 Å². The topological polar surface area (TPSA) is 24.7 Å². The summed E-state index contributed by atoms with van der Waals surface area (Å²) in [5, 5.41) is 7.23. The van der Waals surface area contributed by atoms with Crippen molar-refractivity contribution in [3.8, 4) is 0 Å². The minimum Gasteiger partial charge on any atom is -0.164 e. The van der Waals surface area contributed by atoms with E-state index in [1.165, 1.54) is 0 Å². The van der Waals surface area contributed by atoms with Crippen molar-refractivity contribution in [2.75, 3.05) is 0 Å². The van der Waals surface area contributed by atoms with Crippen molar-refractivity contribution in [3.05, 3.63) is 12.2 Å². The van der Waals surface area contributed by atoms with Gasteiger partial charge in [-0.1, -0.05) is 6.58 Å². The van der Waals surface area contributed by atoms with Gasteiger partial charge >= 0.3 is 0 Å². The second-order valence-electron chi connectivity index (χ2n) is 1.46. The third-order valence-corrected chi connectivity index (χ3v) is 0.460. The molecule has 0 amide bonds. The Morgan fingerprint density at radius 1 is 1.50 bits per heavy atom. The fourth-order valence-corrected chi connectivity index (χ4v) is 0.199. The predicted octanol–water partition coefficient (Wildman–Crippen LogP) is 1.64. The van der Waals surface area contributed by atoms with Crippen molar-refractivity contribution in [2.24, 2.45) is 10.2 Å². The van der Waals surface area contributed by atoms with Crippen LogP contribution in [0.25, 0.3) is 0 Å². The van der Waals surface area contributed by atoms with E-state index in [1.807, 2.05) is 13.8 Å². The molecule has 2 nitrogen and oxygen atoms in total. The summed E-state index contributed by atoms with van der Waals surface area (Å²) in [6, 6.07) is 0. The molecule has 8 heavy (non-hydrogen) atoms. The van der Waals surface area contributed by atoms with Gasteiger partial charge in [0.25, 0.3) is 0 Å². The Morgan fingerprint density at radius 2 is 2.12 bits per heavy atom. The minimum absolute atomic E-state index is 0.913. The Morgan fingerprint density at radius 3 is 2.50 bits per heavy atom. The quantitative estimate of drug-likeness (QED) is 0.381. The first-order valence-electron chi connectivity index (χ1n) is 2.44. The highest BCUT2D eigenvalue weighted by atomic mass is 15.2. The molecule has 0 saturated carbocycles. The maximum Gasteiger partial charge on any atom is 0.0518 e. The highest BCUT2D eigenvalue weighted by molar-refractivity contribution is 5.76. The average molecular weight is 110 g/mol. The van der Waals surface area contributed by atoms with Crippen LogP contribution in [0.5, 0.6) is 0 Å². The first kappa shape index (κ1) is 7.08. The van der Waals surface area contributed by atoms with E-state index in [4.69, 9.17) is 0 Å². The van der Waals surface area contributed by atoms with E-state index >= 15 is 0 Å². The van der Waals surface area contributed by atoms with Crippen molar-refractivity contribution in [1.29, 1.82) is 0 Å². The Labute approximate surface area is 49.6 Å². The Hall–Kier alpha value is -0.920. The average Bonchev–Trinajstić information content (AvgIpc) is 1.66. The third-order valence-electron chi connectivity index (χ3n) is 0.460. The number of rotatable bonds is 2. The van der Waals surface area contributed by atoms with Crippen LogP contribution in [0.15, 0.2) is 22.4 Å². The summed E-state index contributed by atoms with van der Waals surface area (Å²) in [6.07, 6.45) is 3.24. The molecule has 0 aromatic carbocycles. The van der Waals surface area contributed by atoms with E-state index in [0.29, 0.717) is 0 Å². The predicted molar refractivity (Wildman–Crippen MR) is 37.5 cm³/mol. The van der Waals surface area contributed by atoms with Crippen LogP contribution >= 0.6 is 0 Å². The Balaban J connectivity index is 3.50. The van der Waals surface area contributed by atoms with Crippen molar-refractivity contribution in [3.63, 3.8) is 0 Å². The number of hydrogen-bond donors (Lipinski definition) is 0. The summed E-state index contributed by atoms with van der Waals surface area (Å²) in [5.41, 5.74) is 0.913. The SMILES string of the molecule is C=C(C)/C=N/N=C/C. The van der Waals surface area contributed by atoms with Crippen molar-refractivity contribution < 1.29 is 0 Å². The van der Waals surface area contributed by atoms with E-state index in [1.54, 1.807) is 12.4 Å². The van der Waals surface area contributed by atoms with Crippen LogP contribution in [0.4, 0.5) is 0 Å². The van der Waals surface area contributed by atoms with Gasteiger partial charge in [-0.2, -0.15) is 10.2 Å². The summed E-state index contributed by atoms with van der Waals surface area (Å²) in [6.45, 7) is 7.29. The molecule has 0 radical (unpaired) electrons. The molecule has 0 aliphatic heterocycles. The van der Waals surface area contributed by atoms with Crippen molar-refractivity contribution in [1.82, 2.24) is 0 Å². The fraction of sp³-hybridized carbons (Fsp3) is 0.333. The zero-order valence-electron chi connectivity index (χ0n) is 5.26. The van der Waals surface area contributed by atoms with Crippen LogP contribution in [0.1, 0.15) is 13.8 Å². The molecule has 0 aromatic heterocycles. The van der Waals surface area contributed by atoms with Gasteiger partial charge in [-0.3, -0.25) is 0 Å². The lowest BCUT2D eigenvalue weighted by Crippen LogP contribution is -1.69. The summed E-state index contributed by atoms with van der Waals surface area (Å²) in [5.74, 6) is 0. The normalized spacial score (nSPS) is 11.2. The largest absolute Gasteiger partial charge is 0.164 e. The van der Waals surface area contributed by atoms with Gasteiger partial charge in [-0.25, -0.2) is 0 Å². The van der Waals surface area contributed by atoms with Crippen LogP contribution in [0.3, 0.4) is 0 Å². The van der Waals surface area contributed by atoms with Gasteiger partial charge in [0, 0.05) is 6.21 Å². The lowest BCUT2D eigenvalue weighted by atomic mass is 10.4. The Bertz CT molecular complexity index is 122. The molecule has 2 heteroatoms. The molecule has 0 aliphatic rings. The van der Waals surface area contributed by atoms with E-state index in [9.17, 15) is 0 Å². The fourth-order valence-electron chi connectivity index (χ4n) is 0.199. The number of hydrogen-bond acceptors (Lipinski definition) is 2. The second kappa shape index (κ2) is 4.24. The molecule has 0 atom stereocenters. The molecule has 0 bridgehead atoms. The summed E-state index contributed by atoms with van der Waals surface area (Å²) < 4.78 is 0. The first-order chi connectivity index (χ1) is 3.77. The zero-order valence-corrected chi connectivity index (χ0v) is 5.26. The van der Waals surface area contributed by atoms with Gasteiger partial charge < -0.3 is 0 Å². The van der Waals surface area contributed by atoms with Gasteiger partial charge in [-0.15, -0.1) is 0 Å².